The van der Waals surface area contributed by atoms with Gasteiger partial charge in [0, 0.05) is 26.4 Å². The number of nitrogens with one attached hydrogen (secondary N) is 1. The highest BCUT2D eigenvalue weighted by Gasteiger charge is 2.36. The highest BCUT2D eigenvalue weighted by Crippen LogP contribution is 2.29. The minimum atomic E-state index is -0.762. The third-order valence-electron chi connectivity index (χ3n) is 4.66. The Hall–Kier alpha value is -0.650. The van der Waals surface area contributed by atoms with E-state index in [0.29, 0.717) is 44.4 Å². The molecule has 2 rings (SSSR count). The van der Waals surface area contributed by atoms with Crippen LogP contribution >= 0.6 is 0 Å². The summed E-state index contributed by atoms with van der Waals surface area (Å²) in [6, 6.07) is 0. The van der Waals surface area contributed by atoms with Crippen LogP contribution in [0.3, 0.4) is 0 Å². The zero-order valence-electron chi connectivity index (χ0n) is 11.6. The van der Waals surface area contributed by atoms with Crippen molar-refractivity contribution >= 4 is 5.91 Å². The van der Waals surface area contributed by atoms with Gasteiger partial charge in [0.05, 0.1) is 5.54 Å². The quantitative estimate of drug-likeness (QED) is 0.691. The fourth-order valence-electron chi connectivity index (χ4n) is 3.16. The largest absolute Gasteiger partial charge is 0.396 e. The van der Waals surface area contributed by atoms with Crippen LogP contribution in [0.4, 0.5) is 0 Å². The molecule has 0 aromatic rings. The zero-order valence-corrected chi connectivity index (χ0v) is 11.6. The van der Waals surface area contributed by atoms with Gasteiger partial charge in [-0.3, -0.25) is 4.79 Å². The Kier molecular flexibility index (Phi) is 5.19. The molecule has 1 amide bonds. The Balaban J connectivity index is 1.81. The van der Waals surface area contributed by atoms with Crippen LogP contribution in [0.1, 0.15) is 38.5 Å². The maximum Gasteiger partial charge on any atom is 0.240 e. The summed E-state index contributed by atoms with van der Waals surface area (Å²) in [5, 5.41) is 12.4. The number of carbonyl (C=O) groups excluding carboxylic acids is 1. The number of nitrogens with two attached hydrogens (primary N) is 1. The number of hydrogen-bond acceptors (Lipinski definition) is 4. The van der Waals surface area contributed by atoms with E-state index in [9.17, 15) is 9.90 Å². The molecule has 1 heterocycles. The van der Waals surface area contributed by atoms with Crippen LogP contribution in [-0.2, 0) is 9.53 Å². The lowest BCUT2D eigenvalue weighted by atomic mass is 9.79. The number of amides is 1. The molecule has 0 bridgehead atoms. The Morgan fingerprint density at radius 3 is 2.53 bits per heavy atom. The molecular weight excluding hydrogens is 244 g/mol. The molecule has 1 saturated carbocycles. The van der Waals surface area contributed by atoms with Crippen molar-refractivity contribution in [2.45, 2.75) is 44.1 Å². The standard InChI is InChI=1S/C14H26N2O3/c15-14(5-7-19-8-6-14)13(18)16-9-11-3-1-2-4-12(11)10-17/h11-12,17H,1-10,15H2,(H,16,18). The highest BCUT2D eigenvalue weighted by molar-refractivity contribution is 5.86. The van der Waals surface area contributed by atoms with E-state index in [1.54, 1.807) is 0 Å². The first kappa shape index (κ1) is 14.8. The summed E-state index contributed by atoms with van der Waals surface area (Å²) in [7, 11) is 0. The van der Waals surface area contributed by atoms with Crippen LogP contribution in [-0.4, -0.2) is 42.9 Å². The van der Waals surface area contributed by atoms with Gasteiger partial charge < -0.3 is 20.9 Å². The van der Waals surface area contributed by atoms with Crippen molar-refractivity contribution in [2.75, 3.05) is 26.4 Å². The second-order valence-corrected chi connectivity index (χ2v) is 5.97. The first-order valence-electron chi connectivity index (χ1n) is 7.41. The zero-order chi connectivity index (χ0) is 13.7. The topological polar surface area (TPSA) is 84.6 Å². The van der Waals surface area contributed by atoms with E-state index in [-0.39, 0.29) is 12.5 Å². The van der Waals surface area contributed by atoms with E-state index in [1.165, 1.54) is 12.8 Å². The third-order valence-corrected chi connectivity index (χ3v) is 4.66. The number of rotatable bonds is 4. The average molecular weight is 270 g/mol. The highest BCUT2D eigenvalue weighted by atomic mass is 16.5. The summed E-state index contributed by atoms with van der Waals surface area (Å²) in [5.74, 6) is 0.668. The summed E-state index contributed by atoms with van der Waals surface area (Å²) in [6.45, 7) is 1.99. The van der Waals surface area contributed by atoms with Crippen LogP contribution < -0.4 is 11.1 Å². The van der Waals surface area contributed by atoms with Crippen molar-refractivity contribution in [3.05, 3.63) is 0 Å². The van der Waals surface area contributed by atoms with Gasteiger partial charge in [0.2, 0.25) is 5.91 Å². The van der Waals surface area contributed by atoms with Gasteiger partial charge in [0.15, 0.2) is 0 Å². The number of ether oxygens (including phenoxy) is 1. The smallest absolute Gasteiger partial charge is 0.240 e. The molecule has 19 heavy (non-hydrogen) atoms. The van der Waals surface area contributed by atoms with Crippen molar-refractivity contribution in [3.63, 3.8) is 0 Å². The SMILES string of the molecule is NC1(C(=O)NCC2CCCCC2CO)CCOCC1. The molecule has 110 valence electrons. The summed E-state index contributed by atoms with van der Waals surface area (Å²) >= 11 is 0. The molecule has 0 aromatic heterocycles. The van der Waals surface area contributed by atoms with Crippen molar-refractivity contribution in [1.29, 1.82) is 0 Å². The van der Waals surface area contributed by atoms with Gasteiger partial charge in [-0.25, -0.2) is 0 Å². The molecule has 2 fully saturated rings. The predicted molar refractivity (Wildman–Crippen MR) is 72.5 cm³/mol. The lowest BCUT2D eigenvalue weighted by Gasteiger charge is -2.34. The fraction of sp³-hybridized carbons (Fsp3) is 0.929. The van der Waals surface area contributed by atoms with Gasteiger partial charge in [0.25, 0.3) is 0 Å². The Morgan fingerprint density at radius 1 is 1.26 bits per heavy atom. The van der Waals surface area contributed by atoms with E-state index >= 15 is 0 Å². The first-order valence-corrected chi connectivity index (χ1v) is 7.41. The molecule has 1 saturated heterocycles. The number of aliphatic hydroxyl groups excluding tert-OH is 1. The molecule has 1 aliphatic carbocycles. The van der Waals surface area contributed by atoms with Gasteiger partial charge in [0.1, 0.15) is 0 Å². The number of carbonyl (C=O) groups is 1. The van der Waals surface area contributed by atoms with Gasteiger partial charge in [-0.1, -0.05) is 12.8 Å². The second kappa shape index (κ2) is 6.68. The molecule has 2 unspecified atom stereocenters. The monoisotopic (exact) mass is 270 g/mol. The van der Waals surface area contributed by atoms with Crippen LogP contribution in [0.15, 0.2) is 0 Å². The summed E-state index contributed by atoms with van der Waals surface area (Å²) in [5.41, 5.74) is 5.38. The van der Waals surface area contributed by atoms with Crippen molar-refractivity contribution in [3.8, 4) is 0 Å². The van der Waals surface area contributed by atoms with E-state index in [0.717, 1.165) is 12.8 Å². The van der Waals surface area contributed by atoms with Crippen LogP contribution in [0, 0.1) is 11.8 Å². The normalized spacial score (nSPS) is 30.8. The summed E-state index contributed by atoms with van der Waals surface area (Å²) in [6.07, 6.45) is 5.72. The molecule has 0 spiro atoms. The van der Waals surface area contributed by atoms with Gasteiger partial charge in [-0.15, -0.1) is 0 Å². The van der Waals surface area contributed by atoms with Crippen LogP contribution in [0.25, 0.3) is 0 Å². The maximum atomic E-state index is 12.2. The first-order chi connectivity index (χ1) is 9.15. The van der Waals surface area contributed by atoms with E-state index in [1.807, 2.05) is 0 Å². The second-order valence-electron chi connectivity index (χ2n) is 5.97. The van der Waals surface area contributed by atoms with E-state index < -0.39 is 5.54 Å². The third kappa shape index (κ3) is 3.68. The van der Waals surface area contributed by atoms with Crippen molar-refractivity contribution in [2.24, 2.45) is 17.6 Å². The van der Waals surface area contributed by atoms with Gasteiger partial charge in [-0.2, -0.15) is 0 Å². The van der Waals surface area contributed by atoms with Crippen LogP contribution in [0.5, 0.6) is 0 Å². The number of aliphatic hydroxyl groups is 1. The molecule has 4 N–H and O–H groups in total. The minimum Gasteiger partial charge on any atom is -0.396 e. The molecule has 1 aliphatic heterocycles. The maximum absolute atomic E-state index is 12.2. The summed E-state index contributed by atoms with van der Waals surface area (Å²) < 4.78 is 5.25. The lowest BCUT2D eigenvalue weighted by Crippen LogP contribution is -2.57. The Morgan fingerprint density at radius 2 is 1.89 bits per heavy atom. The number of hydrogen-bond donors (Lipinski definition) is 3. The molecule has 2 aliphatic rings. The lowest BCUT2D eigenvalue weighted by molar-refractivity contribution is -0.130. The van der Waals surface area contributed by atoms with Crippen molar-refractivity contribution < 1.29 is 14.6 Å². The molecule has 5 nitrogen and oxygen atoms in total. The minimum absolute atomic E-state index is 0.0573. The Labute approximate surface area is 114 Å². The molecule has 0 radical (unpaired) electrons. The van der Waals surface area contributed by atoms with E-state index in [4.69, 9.17) is 10.5 Å². The van der Waals surface area contributed by atoms with Gasteiger partial charge in [-0.05, 0) is 37.5 Å². The van der Waals surface area contributed by atoms with Crippen LogP contribution in [0.2, 0.25) is 0 Å². The van der Waals surface area contributed by atoms with Gasteiger partial charge >= 0.3 is 0 Å². The predicted octanol–water partition coefficient (Wildman–Crippen LogP) is 0.409. The molecule has 2 atom stereocenters. The summed E-state index contributed by atoms with van der Waals surface area (Å²) in [4.78, 5) is 12.2. The molecule has 5 heteroatoms. The average Bonchev–Trinajstić information content (AvgIpc) is 2.45. The fourth-order valence-corrected chi connectivity index (χ4v) is 3.16. The Bertz CT molecular complexity index is 303. The van der Waals surface area contributed by atoms with E-state index in [2.05, 4.69) is 5.32 Å². The molecular formula is C14H26N2O3. The molecule has 0 aromatic carbocycles. The van der Waals surface area contributed by atoms with Crippen molar-refractivity contribution in [1.82, 2.24) is 5.32 Å².